The Morgan fingerprint density at radius 3 is 2.35 bits per heavy atom. The average Bonchev–Trinajstić information content (AvgIpc) is 3.06. The molecule has 0 aromatic heterocycles. The van der Waals surface area contributed by atoms with Crippen LogP contribution in [0.2, 0.25) is 0 Å². The Balaban J connectivity index is 1.64. The predicted molar refractivity (Wildman–Crippen MR) is 131 cm³/mol. The molecule has 164 valence electrons. The molecule has 2 aromatic rings. The minimum absolute atomic E-state index is 0.280. The van der Waals surface area contributed by atoms with Crippen LogP contribution in [0.25, 0.3) is 0 Å². The van der Waals surface area contributed by atoms with E-state index in [1.807, 2.05) is 30.3 Å². The normalized spacial score (nSPS) is 14.9. The van der Waals surface area contributed by atoms with E-state index in [4.69, 9.17) is 0 Å². The Morgan fingerprint density at radius 2 is 1.65 bits per heavy atom. The van der Waals surface area contributed by atoms with Crippen LogP contribution >= 0.6 is 27.7 Å². The van der Waals surface area contributed by atoms with Crippen molar-refractivity contribution >= 4 is 45.2 Å². The van der Waals surface area contributed by atoms with Crippen LogP contribution in [0, 0.1) is 0 Å². The molecule has 1 fully saturated rings. The molecule has 1 atom stereocenters. The Labute approximate surface area is 196 Å². The van der Waals surface area contributed by atoms with Crippen LogP contribution < -0.4 is 10.7 Å². The highest BCUT2D eigenvalue weighted by Crippen LogP contribution is 2.18. The van der Waals surface area contributed by atoms with Gasteiger partial charge in [-0.05, 0) is 59.3 Å². The first kappa shape index (κ1) is 23.5. The van der Waals surface area contributed by atoms with Gasteiger partial charge in [-0.1, -0.05) is 55.3 Å². The van der Waals surface area contributed by atoms with Crippen molar-refractivity contribution in [3.63, 3.8) is 0 Å². The van der Waals surface area contributed by atoms with Crippen molar-refractivity contribution < 1.29 is 9.59 Å². The fraction of sp³-hybridized carbons (Fsp3) is 0.375. The molecule has 0 bridgehead atoms. The lowest BCUT2D eigenvalue weighted by atomic mass is 10.2. The Hall–Kier alpha value is -2.12. The van der Waals surface area contributed by atoms with E-state index in [1.165, 1.54) is 18.4 Å². The van der Waals surface area contributed by atoms with Crippen molar-refractivity contribution in [2.75, 3.05) is 5.75 Å². The van der Waals surface area contributed by atoms with E-state index in [9.17, 15) is 9.59 Å². The van der Waals surface area contributed by atoms with Gasteiger partial charge in [-0.25, -0.2) is 5.43 Å². The summed E-state index contributed by atoms with van der Waals surface area (Å²) in [6.07, 6.45) is 6.52. The van der Waals surface area contributed by atoms with E-state index in [2.05, 4.69) is 43.9 Å². The number of carbonyl (C=O) groups excluding carboxylic acids is 2. The van der Waals surface area contributed by atoms with Gasteiger partial charge in [0.1, 0.15) is 6.04 Å². The third kappa shape index (κ3) is 7.82. The summed E-state index contributed by atoms with van der Waals surface area (Å²) in [6, 6.07) is 16.6. The lowest BCUT2D eigenvalue weighted by Crippen LogP contribution is -2.47. The Kier molecular flexibility index (Phi) is 9.62. The van der Waals surface area contributed by atoms with Crippen LogP contribution in [0.5, 0.6) is 0 Å². The molecule has 3 rings (SSSR count). The van der Waals surface area contributed by atoms with E-state index in [-0.39, 0.29) is 11.8 Å². The second-order valence-electron chi connectivity index (χ2n) is 7.57. The molecular formula is C24H28BrN3O2S. The van der Waals surface area contributed by atoms with Crippen LogP contribution in [0.3, 0.4) is 0 Å². The van der Waals surface area contributed by atoms with Crippen LogP contribution in [0.15, 0.2) is 64.2 Å². The summed E-state index contributed by atoms with van der Waals surface area (Å²) in [7, 11) is 0. The second kappa shape index (κ2) is 12.7. The number of nitrogens with one attached hydrogen (secondary N) is 2. The first-order valence-electron chi connectivity index (χ1n) is 10.7. The molecule has 0 saturated heterocycles. The fourth-order valence-electron chi connectivity index (χ4n) is 3.39. The number of amides is 2. The van der Waals surface area contributed by atoms with Gasteiger partial charge < -0.3 is 5.32 Å². The molecule has 1 aliphatic rings. The minimum atomic E-state index is -0.677. The first-order valence-corrected chi connectivity index (χ1v) is 12.6. The van der Waals surface area contributed by atoms with Crippen LogP contribution in [-0.4, -0.2) is 29.3 Å². The van der Waals surface area contributed by atoms with E-state index in [0.29, 0.717) is 15.8 Å². The summed E-state index contributed by atoms with van der Waals surface area (Å²) in [5.74, 6) is 0.666. The zero-order valence-electron chi connectivity index (χ0n) is 17.5. The molecule has 5 nitrogen and oxygen atoms in total. The van der Waals surface area contributed by atoms with Gasteiger partial charge in [-0.3, -0.25) is 9.59 Å². The molecule has 0 heterocycles. The molecule has 7 heteroatoms. The highest BCUT2D eigenvalue weighted by molar-refractivity contribution is 9.10. The third-order valence-electron chi connectivity index (χ3n) is 5.14. The summed E-state index contributed by atoms with van der Waals surface area (Å²) in [5.41, 5.74) is 5.44. The zero-order chi connectivity index (χ0) is 21.9. The van der Waals surface area contributed by atoms with E-state index in [1.54, 1.807) is 23.9 Å². The number of hydrogen-bond acceptors (Lipinski definition) is 4. The van der Waals surface area contributed by atoms with Crippen molar-refractivity contribution in [3.05, 3.63) is 70.2 Å². The molecule has 2 N–H and O–H groups in total. The summed E-state index contributed by atoms with van der Waals surface area (Å²) in [4.78, 5) is 25.7. The lowest BCUT2D eigenvalue weighted by Gasteiger charge is -2.18. The maximum Gasteiger partial charge on any atom is 0.263 e. The number of carbonyl (C=O) groups is 2. The molecule has 1 unspecified atom stereocenters. The van der Waals surface area contributed by atoms with Gasteiger partial charge in [0.25, 0.3) is 11.8 Å². The molecule has 0 spiro atoms. The van der Waals surface area contributed by atoms with Crippen molar-refractivity contribution in [1.82, 2.24) is 10.7 Å². The van der Waals surface area contributed by atoms with Gasteiger partial charge in [0.05, 0.1) is 5.56 Å². The predicted octanol–water partition coefficient (Wildman–Crippen LogP) is 5.31. The van der Waals surface area contributed by atoms with Gasteiger partial charge in [-0.15, -0.1) is 0 Å². The fourth-order valence-corrected chi connectivity index (χ4v) is 4.87. The molecule has 2 amide bonds. The SMILES string of the molecule is O=C(NC(CSCc1ccccc1)C(=O)NN=C1CCCCCC1)c1ccccc1Br. The Bertz CT molecular complexity index is 895. The first-order chi connectivity index (χ1) is 15.1. The monoisotopic (exact) mass is 501 g/mol. The molecule has 2 aromatic carbocycles. The van der Waals surface area contributed by atoms with Crippen molar-refractivity contribution in [2.45, 2.75) is 50.3 Å². The molecular weight excluding hydrogens is 474 g/mol. The van der Waals surface area contributed by atoms with Crippen LogP contribution in [0.4, 0.5) is 0 Å². The van der Waals surface area contributed by atoms with E-state index < -0.39 is 6.04 Å². The molecule has 31 heavy (non-hydrogen) atoms. The quantitative estimate of drug-likeness (QED) is 0.380. The molecule has 0 radical (unpaired) electrons. The number of benzene rings is 2. The smallest absolute Gasteiger partial charge is 0.263 e. The van der Waals surface area contributed by atoms with Gasteiger partial charge >= 0.3 is 0 Å². The summed E-state index contributed by atoms with van der Waals surface area (Å²) in [6.45, 7) is 0. The van der Waals surface area contributed by atoms with Crippen molar-refractivity contribution in [3.8, 4) is 0 Å². The minimum Gasteiger partial charge on any atom is -0.339 e. The topological polar surface area (TPSA) is 70.6 Å². The maximum absolute atomic E-state index is 12.9. The van der Waals surface area contributed by atoms with Gasteiger partial charge in [0.2, 0.25) is 0 Å². The summed E-state index contributed by atoms with van der Waals surface area (Å²) in [5, 5.41) is 7.26. The second-order valence-corrected chi connectivity index (χ2v) is 9.46. The van der Waals surface area contributed by atoms with Crippen molar-refractivity contribution in [1.29, 1.82) is 0 Å². The van der Waals surface area contributed by atoms with Gasteiger partial charge in [0, 0.05) is 21.7 Å². The van der Waals surface area contributed by atoms with Crippen LogP contribution in [0.1, 0.15) is 54.4 Å². The standard InChI is InChI=1S/C24H28BrN3O2S/c25-21-15-9-8-14-20(21)23(29)26-22(17-31-16-18-10-4-3-5-11-18)24(30)28-27-19-12-6-1-2-7-13-19/h3-5,8-11,14-15,22H,1-2,6-7,12-13,16-17H2,(H,26,29)(H,28,30). The molecule has 1 aliphatic carbocycles. The number of halogens is 1. The van der Waals surface area contributed by atoms with Gasteiger partial charge in [0.15, 0.2) is 0 Å². The van der Waals surface area contributed by atoms with Gasteiger partial charge in [-0.2, -0.15) is 16.9 Å². The average molecular weight is 502 g/mol. The van der Waals surface area contributed by atoms with E-state index >= 15 is 0 Å². The summed E-state index contributed by atoms with van der Waals surface area (Å²) >= 11 is 5.02. The summed E-state index contributed by atoms with van der Waals surface area (Å²) < 4.78 is 0.697. The highest BCUT2D eigenvalue weighted by Gasteiger charge is 2.22. The number of hydrazone groups is 1. The molecule has 0 aliphatic heterocycles. The lowest BCUT2D eigenvalue weighted by molar-refractivity contribution is -0.122. The van der Waals surface area contributed by atoms with E-state index in [0.717, 1.165) is 37.1 Å². The van der Waals surface area contributed by atoms with Crippen LogP contribution in [-0.2, 0) is 10.5 Å². The maximum atomic E-state index is 12.9. The number of hydrogen-bond donors (Lipinski definition) is 2. The number of nitrogens with zero attached hydrogens (tertiary/aromatic N) is 1. The van der Waals surface area contributed by atoms with Crippen molar-refractivity contribution in [2.24, 2.45) is 5.10 Å². The largest absolute Gasteiger partial charge is 0.339 e. The highest BCUT2D eigenvalue weighted by atomic mass is 79.9. The molecule has 1 saturated carbocycles. The number of rotatable bonds is 8. The number of thioether (sulfide) groups is 1. The third-order valence-corrected chi connectivity index (χ3v) is 6.94. The Morgan fingerprint density at radius 1 is 0.968 bits per heavy atom. The zero-order valence-corrected chi connectivity index (χ0v) is 19.9.